The van der Waals surface area contributed by atoms with Crippen LogP contribution in [0.15, 0.2) is 0 Å². The highest BCUT2D eigenvalue weighted by Crippen LogP contribution is 2.68. The van der Waals surface area contributed by atoms with Crippen LogP contribution in [0.1, 0.15) is 78.6 Å². The first-order chi connectivity index (χ1) is 12.2. The lowest BCUT2D eigenvalue weighted by Gasteiger charge is -2.62. The van der Waals surface area contributed by atoms with Crippen LogP contribution in [0.5, 0.6) is 0 Å². The quantitative estimate of drug-likeness (QED) is 0.717. The molecule has 4 fully saturated rings. The second-order valence-corrected chi connectivity index (χ2v) is 11.0. The van der Waals surface area contributed by atoms with Gasteiger partial charge in [-0.05, 0) is 101 Å². The van der Waals surface area contributed by atoms with Crippen molar-refractivity contribution in [3.05, 3.63) is 0 Å². The molecule has 4 heteroatoms. The average molecular weight is 381 g/mol. The molecule has 148 valence electrons. The number of ketones is 1. The third kappa shape index (κ3) is 2.75. The first-order valence-electron chi connectivity index (χ1n) is 10.8. The highest BCUT2D eigenvalue weighted by atomic mass is 31.0. The van der Waals surface area contributed by atoms with E-state index in [0.29, 0.717) is 23.5 Å². The molecule has 4 aliphatic carbocycles. The van der Waals surface area contributed by atoms with Crippen LogP contribution >= 0.6 is 9.47 Å². The summed E-state index contributed by atoms with van der Waals surface area (Å²) < 4.78 is 5.74. The maximum Gasteiger partial charge on any atom is 0.133 e. The van der Waals surface area contributed by atoms with E-state index in [1.807, 2.05) is 13.8 Å². The van der Waals surface area contributed by atoms with Gasteiger partial charge in [0.1, 0.15) is 5.78 Å². The van der Waals surface area contributed by atoms with Gasteiger partial charge < -0.3 is 9.63 Å². The van der Waals surface area contributed by atoms with E-state index >= 15 is 0 Å². The van der Waals surface area contributed by atoms with Gasteiger partial charge >= 0.3 is 0 Å². The topological polar surface area (TPSA) is 46.5 Å². The molecule has 0 heterocycles. The molecule has 1 unspecified atom stereocenters. The molecule has 0 saturated heterocycles. The summed E-state index contributed by atoms with van der Waals surface area (Å²) in [6.07, 6.45) is 10.2. The Morgan fingerprint density at radius 2 is 1.85 bits per heavy atom. The third-order valence-corrected chi connectivity index (χ3v) is 9.66. The van der Waals surface area contributed by atoms with Crippen molar-refractivity contribution in [1.82, 2.24) is 0 Å². The fraction of sp³-hybridized carbons (Fsp3) is 0.955. The Labute approximate surface area is 161 Å². The lowest BCUT2D eigenvalue weighted by atomic mass is 9.43. The molecule has 9 atom stereocenters. The van der Waals surface area contributed by atoms with Crippen LogP contribution in [0.25, 0.3) is 0 Å². The first-order valence-corrected chi connectivity index (χ1v) is 11.3. The Bertz CT molecular complexity index is 576. The second kappa shape index (κ2) is 6.53. The van der Waals surface area contributed by atoms with Crippen molar-refractivity contribution in [2.24, 2.45) is 40.4 Å². The molecular weight excluding hydrogens is 343 g/mol. The van der Waals surface area contributed by atoms with E-state index in [4.69, 9.17) is 4.52 Å². The molecule has 0 aromatic carbocycles. The van der Waals surface area contributed by atoms with E-state index in [1.54, 1.807) is 0 Å². The Morgan fingerprint density at radius 1 is 1.08 bits per heavy atom. The van der Waals surface area contributed by atoms with Crippen molar-refractivity contribution in [2.75, 3.05) is 6.61 Å². The van der Waals surface area contributed by atoms with E-state index in [2.05, 4.69) is 16.4 Å². The zero-order chi connectivity index (χ0) is 18.7. The van der Waals surface area contributed by atoms with Gasteiger partial charge in [0.25, 0.3) is 0 Å². The molecule has 26 heavy (non-hydrogen) atoms. The minimum atomic E-state index is -0.502. The predicted octanol–water partition coefficient (Wildman–Crippen LogP) is 4.77. The molecule has 0 spiro atoms. The molecule has 4 rings (SSSR count). The molecule has 0 aromatic heterocycles. The second-order valence-electron chi connectivity index (χ2n) is 10.7. The molecule has 0 aliphatic heterocycles. The highest BCUT2D eigenvalue weighted by Gasteiger charge is 2.62. The van der Waals surface area contributed by atoms with Gasteiger partial charge in [-0.2, -0.15) is 0 Å². The molecule has 0 radical (unpaired) electrons. The summed E-state index contributed by atoms with van der Waals surface area (Å²) in [4.78, 5) is 12.3. The maximum absolute atomic E-state index is 12.3. The summed E-state index contributed by atoms with van der Waals surface area (Å²) >= 11 is 0. The zero-order valence-electron chi connectivity index (χ0n) is 16.8. The molecule has 0 bridgehead atoms. The van der Waals surface area contributed by atoms with Crippen LogP contribution < -0.4 is 0 Å². The van der Waals surface area contributed by atoms with Gasteiger partial charge in [-0.3, -0.25) is 4.79 Å². The van der Waals surface area contributed by atoms with Crippen molar-refractivity contribution in [3.63, 3.8) is 0 Å². The zero-order valence-corrected chi connectivity index (χ0v) is 18.0. The molecule has 4 aliphatic rings. The van der Waals surface area contributed by atoms with Crippen LogP contribution in [0, 0.1) is 40.4 Å². The van der Waals surface area contributed by atoms with E-state index in [-0.39, 0.29) is 16.7 Å². The number of rotatable bonds is 3. The largest absolute Gasteiger partial charge is 0.390 e. The molecule has 3 nitrogen and oxygen atoms in total. The van der Waals surface area contributed by atoms with Crippen LogP contribution in [-0.4, -0.2) is 23.1 Å². The standard InChI is InChI=1S/C22H37O3P/c1-14(23)17-6-7-18-16-5-4-15-12-20(2,24)10-11-22(15,13-25-26)19(16)8-9-21(17,18)3/h15-19,24H,4-13,26H2,1-3H3/t15-,16-,17+,18-,19-,20+,21+,22+/m0/s1. The summed E-state index contributed by atoms with van der Waals surface area (Å²) in [5.74, 6) is 3.45. The van der Waals surface area contributed by atoms with E-state index < -0.39 is 5.60 Å². The number of carbonyl (C=O) groups excluding carboxylic acids is 1. The van der Waals surface area contributed by atoms with Crippen molar-refractivity contribution in [3.8, 4) is 0 Å². The normalized spacial score (nSPS) is 53.5. The lowest BCUT2D eigenvalue weighted by molar-refractivity contribution is -0.166. The number of Topliss-reactive ketones (excluding diaryl/α,β-unsaturated/α-hetero) is 1. The van der Waals surface area contributed by atoms with Crippen LogP contribution in [-0.2, 0) is 9.32 Å². The van der Waals surface area contributed by atoms with Gasteiger partial charge in [-0.15, -0.1) is 0 Å². The summed E-state index contributed by atoms with van der Waals surface area (Å²) in [5, 5.41) is 10.7. The van der Waals surface area contributed by atoms with Crippen LogP contribution in [0.4, 0.5) is 0 Å². The summed E-state index contributed by atoms with van der Waals surface area (Å²) in [6.45, 7) is 7.08. The highest BCUT2D eigenvalue weighted by molar-refractivity contribution is 7.09. The van der Waals surface area contributed by atoms with Gasteiger partial charge in [0.15, 0.2) is 0 Å². The Morgan fingerprint density at radius 3 is 2.54 bits per heavy atom. The van der Waals surface area contributed by atoms with Crippen LogP contribution in [0.3, 0.4) is 0 Å². The van der Waals surface area contributed by atoms with Crippen molar-refractivity contribution in [2.45, 2.75) is 84.2 Å². The fourth-order valence-electron chi connectivity index (χ4n) is 8.34. The number of fused-ring (bicyclic) bond motifs is 5. The molecule has 1 N–H and O–H groups in total. The van der Waals surface area contributed by atoms with Crippen molar-refractivity contribution in [1.29, 1.82) is 0 Å². The minimum Gasteiger partial charge on any atom is -0.390 e. The van der Waals surface area contributed by atoms with E-state index in [9.17, 15) is 9.90 Å². The molecular formula is C22H37O3P. The third-order valence-electron chi connectivity index (χ3n) is 9.50. The van der Waals surface area contributed by atoms with Gasteiger partial charge in [0.2, 0.25) is 0 Å². The Kier molecular flexibility index (Phi) is 4.86. The molecule has 0 amide bonds. The van der Waals surface area contributed by atoms with Crippen molar-refractivity contribution >= 4 is 15.2 Å². The SMILES string of the molecule is CC(=O)[C@H]1CC[C@H]2[C@@H]3CC[C@H]4C[C@](C)(O)CC[C@]4(COP)[C@H]3CC[C@]12C. The maximum atomic E-state index is 12.3. The number of hydrogen-bond acceptors (Lipinski definition) is 3. The minimum absolute atomic E-state index is 0.225. The monoisotopic (exact) mass is 380 g/mol. The summed E-state index contributed by atoms with van der Waals surface area (Å²) in [6, 6.07) is 0. The van der Waals surface area contributed by atoms with Gasteiger partial charge in [-0.25, -0.2) is 0 Å². The van der Waals surface area contributed by atoms with Crippen LogP contribution in [0.2, 0.25) is 0 Å². The smallest absolute Gasteiger partial charge is 0.133 e. The van der Waals surface area contributed by atoms with Gasteiger partial charge in [0.05, 0.1) is 12.2 Å². The molecule has 4 saturated carbocycles. The fourth-order valence-corrected chi connectivity index (χ4v) is 8.65. The summed E-state index contributed by atoms with van der Waals surface area (Å²) in [5.41, 5.74) is -0.0380. The van der Waals surface area contributed by atoms with E-state index in [1.165, 1.54) is 32.1 Å². The average Bonchev–Trinajstić information content (AvgIpc) is 2.92. The Hall–Kier alpha value is 0.0200. The number of carbonyl (C=O) groups is 1. The summed E-state index contributed by atoms with van der Waals surface area (Å²) in [7, 11) is 2.49. The van der Waals surface area contributed by atoms with Gasteiger partial charge in [0, 0.05) is 20.8 Å². The number of aliphatic hydroxyl groups is 1. The first kappa shape index (κ1) is 19.3. The molecule has 0 aromatic rings. The van der Waals surface area contributed by atoms with E-state index in [0.717, 1.165) is 38.2 Å². The van der Waals surface area contributed by atoms with Crippen molar-refractivity contribution < 1.29 is 14.4 Å². The predicted molar refractivity (Wildman–Crippen MR) is 107 cm³/mol. The number of hydrogen-bond donors (Lipinski definition) is 1. The van der Waals surface area contributed by atoms with Gasteiger partial charge in [-0.1, -0.05) is 6.92 Å². The lowest BCUT2D eigenvalue weighted by Crippen LogP contribution is -2.58. The Balaban J connectivity index is 1.65.